The van der Waals surface area contributed by atoms with Crippen molar-refractivity contribution in [2.75, 3.05) is 58.1 Å². The lowest BCUT2D eigenvalue weighted by Gasteiger charge is -2.39. The van der Waals surface area contributed by atoms with E-state index in [0.29, 0.717) is 25.7 Å². The van der Waals surface area contributed by atoms with Crippen LogP contribution in [-0.2, 0) is 17.8 Å². The number of ether oxygens (including phenoxy) is 2. The van der Waals surface area contributed by atoms with E-state index in [1.807, 2.05) is 42.7 Å². The summed E-state index contributed by atoms with van der Waals surface area (Å²) in [5, 5.41) is 0. The summed E-state index contributed by atoms with van der Waals surface area (Å²) in [7, 11) is 1.66. The Hall–Kier alpha value is -2.42. The molecule has 0 N–H and O–H groups in total. The van der Waals surface area contributed by atoms with Gasteiger partial charge in [0.1, 0.15) is 5.75 Å². The van der Waals surface area contributed by atoms with E-state index >= 15 is 0 Å². The normalized spacial score (nSPS) is 17.6. The topological polar surface area (TPSA) is 63.1 Å². The van der Waals surface area contributed by atoms with Crippen LogP contribution < -0.4 is 15.2 Å². The first-order valence-electron chi connectivity index (χ1n) is 11.1. The van der Waals surface area contributed by atoms with Crippen LogP contribution in [0.15, 0.2) is 29.1 Å². The van der Waals surface area contributed by atoms with Gasteiger partial charge >= 0.3 is 0 Å². The molecule has 1 aromatic carbocycles. The zero-order valence-corrected chi connectivity index (χ0v) is 18.8. The number of methoxy groups -OCH3 is 1. The van der Waals surface area contributed by atoms with Crippen LogP contribution in [0.25, 0.3) is 0 Å². The van der Waals surface area contributed by atoms with Gasteiger partial charge in [0.25, 0.3) is 5.56 Å². The van der Waals surface area contributed by atoms with Crippen LogP contribution >= 0.6 is 0 Å². The number of morpholine rings is 1. The van der Waals surface area contributed by atoms with Crippen molar-refractivity contribution in [3.8, 4) is 5.75 Å². The van der Waals surface area contributed by atoms with Gasteiger partial charge in [-0.2, -0.15) is 0 Å². The molecule has 4 rings (SSSR count). The molecule has 1 aromatic heterocycles. The van der Waals surface area contributed by atoms with Crippen molar-refractivity contribution in [1.29, 1.82) is 0 Å². The number of nitrogens with zero attached hydrogens (tertiary/aromatic N) is 5. The molecule has 0 amide bonds. The Morgan fingerprint density at radius 2 is 1.77 bits per heavy atom. The molecule has 1 saturated heterocycles. The Labute approximate surface area is 184 Å². The summed E-state index contributed by atoms with van der Waals surface area (Å²) in [5.41, 5.74) is 2.69. The van der Waals surface area contributed by atoms with Gasteiger partial charge in [0.2, 0.25) is 5.95 Å². The van der Waals surface area contributed by atoms with Crippen LogP contribution in [-0.4, -0.2) is 72.5 Å². The SMILES string of the molecule is CCc1c(C)nc2n(c1=O)CN(CCCN1CCOCC1)CN2c1ccc(OC)cc1. The number of hydrogen-bond acceptors (Lipinski definition) is 7. The van der Waals surface area contributed by atoms with Crippen LogP contribution in [0.5, 0.6) is 5.75 Å². The number of fused-ring (bicyclic) bond motifs is 1. The summed E-state index contributed by atoms with van der Waals surface area (Å²) in [6.07, 6.45) is 1.75. The van der Waals surface area contributed by atoms with Crippen LogP contribution in [0.3, 0.4) is 0 Å². The number of rotatable bonds is 7. The van der Waals surface area contributed by atoms with Crippen LogP contribution in [0.2, 0.25) is 0 Å². The molecule has 2 aromatic rings. The quantitative estimate of drug-likeness (QED) is 0.671. The van der Waals surface area contributed by atoms with Crippen LogP contribution in [0, 0.1) is 6.92 Å². The summed E-state index contributed by atoms with van der Waals surface area (Å²) >= 11 is 0. The van der Waals surface area contributed by atoms with E-state index < -0.39 is 0 Å². The molecule has 168 valence electrons. The summed E-state index contributed by atoms with van der Waals surface area (Å²) in [6.45, 7) is 10.8. The lowest BCUT2D eigenvalue weighted by atomic mass is 10.2. The van der Waals surface area contributed by atoms with Gasteiger partial charge in [0.15, 0.2) is 0 Å². The van der Waals surface area contributed by atoms with Crippen molar-refractivity contribution < 1.29 is 9.47 Å². The van der Waals surface area contributed by atoms with E-state index in [0.717, 1.165) is 68.5 Å². The Bertz CT molecular complexity index is 937. The highest BCUT2D eigenvalue weighted by atomic mass is 16.5. The zero-order valence-electron chi connectivity index (χ0n) is 18.8. The van der Waals surface area contributed by atoms with E-state index in [1.54, 1.807) is 7.11 Å². The molecule has 0 saturated carbocycles. The van der Waals surface area contributed by atoms with E-state index in [2.05, 4.69) is 14.7 Å². The molecule has 2 aliphatic rings. The van der Waals surface area contributed by atoms with Gasteiger partial charge < -0.3 is 9.47 Å². The minimum Gasteiger partial charge on any atom is -0.497 e. The molecular formula is C23H33N5O3. The molecule has 0 spiro atoms. The Balaban J connectivity index is 1.58. The first-order valence-corrected chi connectivity index (χ1v) is 11.1. The summed E-state index contributed by atoms with van der Waals surface area (Å²) < 4.78 is 12.6. The van der Waals surface area contributed by atoms with Gasteiger partial charge in [-0.15, -0.1) is 0 Å². The Morgan fingerprint density at radius 1 is 1.06 bits per heavy atom. The largest absolute Gasteiger partial charge is 0.497 e. The molecule has 1 fully saturated rings. The van der Waals surface area contributed by atoms with Crippen molar-refractivity contribution >= 4 is 11.6 Å². The highest BCUT2D eigenvalue weighted by molar-refractivity contribution is 5.59. The molecule has 0 aliphatic carbocycles. The number of hydrogen-bond donors (Lipinski definition) is 0. The highest BCUT2D eigenvalue weighted by Gasteiger charge is 2.27. The lowest BCUT2D eigenvalue weighted by Crippen LogP contribution is -2.48. The molecule has 0 bridgehead atoms. The molecule has 3 heterocycles. The van der Waals surface area contributed by atoms with E-state index in [4.69, 9.17) is 14.5 Å². The maximum atomic E-state index is 13.2. The number of benzene rings is 1. The van der Waals surface area contributed by atoms with Gasteiger partial charge in [-0.05, 0) is 50.6 Å². The van der Waals surface area contributed by atoms with Gasteiger partial charge in [0.05, 0.1) is 33.7 Å². The first kappa shape index (κ1) is 21.8. The fraction of sp³-hybridized carbons (Fsp3) is 0.565. The smallest absolute Gasteiger partial charge is 0.259 e. The average Bonchev–Trinajstić information content (AvgIpc) is 2.80. The van der Waals surface area contributed by atoms with E-state index in [9.17, 15) is 4.79 Å². The molecule has 31 heavy (non-hydrogen) atoms. The summed E-state index contributed by atoms with van der Waals surface area (Å²) in [6, 6.07) is 7.94. The minimum absolute atomic E-state index is 0.0707. The van der Waals surface area contributed by atoms with E-state index in [-0.39, 0.29) is 5.56 Å². The molecule has 0 unspecified atom stereocenters. The molecule has 8 heteroatoms. The third-order valence-corrected chi connectivity index (χ3v) is 6.16. The lowest BCUT2D eigenvalue weighted by molar-refractivity contribution is 0.0354. The number of aromatic nitrogens is 2. The average molecular weight is 428 g/mol. The molecule has 2 aliphatic heterocycles. The highest BCUT2D eigenvalue weighted by Crippen LogP contribution is 2.29. The van der Waals surface area contributed by atoms with Crippen molar-refractivity contribution in [3.63, 3.8) is 0 Å². The second-order valence-corrected chi connectivity index (χ2v) is 8.17. The maximum Gasteiger partial charge on any atom is 0.259 e. The fourth-order valence-electron chi connectivity index (χ4n) is 4.38. The van der Waals surface area contributed by atoms with E-state index in [1.165, 1.54) is 0 Å². The van der Waals surface area contributed by atoms with Crippen LogP contribution in [0.1, 0.15) is 24.6 Å². The molecule has 0 radical (unpaired) electrons. The number of anilines is 2. The van der Waals surface area contributed by atoms with Crippen molar-refractivity contribution in [2.45, 2.75) is 33.4 Å². The Morgan fingerprint density at radius 3 is 2.45 bits per heavy atom. The van der Waals surface area contributed by atoms with Gasteiger partial charge in [-0.1, -0.05) is 6.92 Å². The van der Waals surface area contributed by atoms with Gasteiger partial charge in [-0.3, -0.25) is 24.1 Å². The summed E-state index contributed by atoms with van der Waals surface area (Å²) in [4.78, 5) is 25.0. The van der Waals surface area contributed by atoms with Crippen molar-refractivity contribution in [3.05, 3.63) is 45.9 Å². The first-order chi connectivity index (χ1) is 15.1. The zero-order chi connectivity index (χ0) is 21.8. The van der Waals surface area contributed by atoms with Gasteiger partial charge in [0, 0.05) is 36.6 Å². The maximum absolute atomic E-state index is 13.2. The van der Waals surface area contributed by atoms with Crippen molar-refractivity contribution in [1.82, 2.24) is 19.4 Å². The number of aryl methyl sites for hydroxylation is 1. The van der Waals surface area contributed by atoms with Gasteiger partial charge in [-0.25, -0.2) is 4.98 Å². The Kier molecular flexibility index (Phi) is 6.89. The standard InChI is InChI=1S/C23H33N5O3/c1-4-21-18(2)24-23-27(19-6-8-20(30-3)9-7-19)16-26(17-28(23)22(21)29)11-5-10-25-12-14-31-15-13-25/h6-9H,4-5,10-17H2,1-3H3. The molecule has 0 atom stereocenters. The minimum atomic E-state index is 0.0707. The predicted octanol–water partition coefficient (Wildman–Crippen LogP) is 2.21. The van der Waals surface area contributed by atoms with Crippen molar-refractivity contribution in [2.24, 2.45) is 0 Å². The second kappa shape index (κ2) is 9.80. The third-order valence-electron chi connectivity index (χ3n) is 6.16. The summed E-state index contributed by atoms with van der Waals surface area (Å²) in [5.74, 6) is 1.53. The van der Waals surface area contributed by atoms with Crippen LogP contribution in [0.4, 0.5) is 11.6 Å². The fourth-order valence-corrected chi connectivity index (χ4v) is 4.38. The third kappa shape index (κ3) is 4.76. The second-order valence-electron chi connectivity index (χ2n) is 8.17. The monoisotopic (exact) mass is 427 g/mol. The molecule has 8 nitrogen and oxygen atoms in total. The predicted molar refractivity (Wildman–Crippen MR) is 121 cm³/mol. The molecular weight excluding hydrogens is 394 g/mol.